The number of hydrogen-bond acceptors (Lipinski definition) is 7. The number of carbonyl (C=O) groups is 2. The fraction of sp³-hybridized carbons (Fsp3) is 0.400. The van der Waals surface area contributed by atoms with E-state index in [-0.39, 0.29) is 17.7 Å². The van der Waals surface area contributed by atoms with Crippen LogP contribution in [0.1, 0.15) is 56.6 Å². The molecule has 2 amide bonds. The number of amides is 2. The predicted octanol–water partition coefficient (Wildman–Crippen LogP) is 5.39. The highest BCUT2D eigenvalue weighted by molar-refractivity contribution is 7.98. The van der Waals surface area contributed by atoms with Crippen LogP contribution in [0, 0.1) is 6.92 Å². The lowest BCUT2D eigenvalue weighted by Gasteiger charge is -2.32. The summed E-state index contributed by atoms with van der Waals surface area (Å²) < 4.78 is 11.1. The average molecular weight is 534 g/mol. The molecule has 7 nitrogen and oxygen atoms in total. The number of piperidine rings is 1. The Balaban J connectivity index is 1.34. The molecule has 0 saturated carbocycles. The largest absolute Gasteiger partial charge is 0.493 e. The minimum Gasteiger partial charge on any atom is -0.493 e. The number of furan rings is 1. The Morgan fingerprint density at radius 3 is 2.80 bits per heavy atom. The number of aryl methyl sites for hydroxylation is 1. The molecule has 0 unspecified atom stereocenters. The van der Waals surface area contributed by atoms with Crippen LogP contribution in [-0.4, -0.2) is 54.2 Å². The lowest BCUT2D eigenvalue weighted by atomic mass is 9.89. The number of aromatic nitrogens is 1. The smallest absolute Gasteiger partial charge is 0.258 e. The summed E-state index contributed by atoms with van der Waals surface area (Å²) >= 11 is 9.14. The summed E-state index contributed by atoms with van der Waals surface area (Å²) in [4.78, 5) is 32.6. The first kappa shape index (κ1) is 25.6. The molecule has 35 heavy (non-hydrogen) atoms. The second-order valence-electron chi connectivity index (χ2n) is 8.30. The Morgan fingerprint density at radius 2 is 2.09 bits per heavy atom. The summed E-state index contributed by atoms with van der Waals surface area (Å²) in [6, 6.07) is 7.55. The molecular weight excluding hydrogens is 506 g/mol. The van der Waals surface area contributed by atoms with Gasteiger partial charge in [-0.2, -0.15) is 11.8 Å². The molecule has 10 heteroatoms. The van der Waals surface area contributed by atoms with Gasteiger partial charge < -0.3 is 19.4 Å². The maximum atomic E-state index is 13.0. The van der Waals surface area contributed by atoms with Gasteiger partial charge in [-0.3, -0.25) is 14.6 Å². The Kier molecular flexibility index (Phi) is 8.75. The number of thiophene rings is 1. The highest BCUT2D eigenvalue weighted by Gasteiger charge is 2.30. The number of nitrogens with zero attached hydrogens (tertiary/aromatic N) is 2. The molecule has 0 radical (unpaired) electrons. The van der Waals surface area contributed by atoms with Crippen LogP contribution in [0.3, 0.4) is 0 Å². The zero-order valence-electron chi connectivity index (χ0n) is 19.7. The highest BCUT2D eigenvalue weighted by atomic mass is 35.5. The number of methoxy groups -OCH3 is 1. The molecule has 4 rings (SSSR count). The minimum atomic E-state index is -0.109. The van der Waals surface area contributed by atoms with Gasteiger partial charge in [0.05, 0.1) is 35.9 Å². The van der Waals surface area contributed by atoms with E-state index in [1.807, 2.05) is 36.1 Å². The molecule has 0 aromatic carbocycles. The van der Waals surface area contributed by atoms with E-state index in [1.54, 1.807) is 23.4 Å². The third kappa shape index (κ3) is 6.20. The fourth-order valence-corrected chi connectivity index (χ4v) is 5.97. The molecule has 1 N–H and O–H groups in total. The van der Waals surface area contributed by atoms with Crippen molar-refractivity contribution in [1.82, 2.24) is 15.2 Å². The van der Waals surface area contributed by atoms with Crippen LogP contribution in [0.15, 0.2) is 40.3 Å². The molecule has 0 bridgehead atoms. The Bertz CT molecular complexity index is 1160. The number of nitrogens with one attached hydrogen (secondary N) is 1. The zero-order valence-corrected chi connectivity index (χ0v) is 22.1. The molecule has 3 aromatic rings. The SMILES string of the molecule is COc1c(C(=O)N2CCC(c3nc(C)ccc3C(=O)NCCSCc3ccco3)CC2)csc1Cl. The van der Waals surface area contributed by atoms with Crippen LogP contribution in [0.4, 0.5) is 0 Å². The van der Waals surface area contributed by atoms with Gasteiger partial charge >= 0.3 is 0 Å². The van der Waals surface area contributed by atoms with E-state index in [9.17, 15) is 9.59 Å². The Labute approximate surface area is 218 Å². The first-order chi connectivity index (χ1) is 17.0. The third-order valence-electron chi connectivity index (χ3n) is 5.97. The first-order valence-corrected chi connectivity index (χ1v) is 13.8. The van der Waals surface area contributed by atoms with Gasteiger partial charge in [0.2, 0.25) is 0 Å². The molecule has 1 aliphatic heterocycles. The van der Waals surface area contributed by atoms with Crippen molar-refractivity contribution < 1.29 is 18.7 Å². The van der Waals surface area contributed by atoms with E-state index in [2.05, 4.69) is 5.32 Å². The molecular formula is C25H28ClN3O4S2. The van der Waals surface area contributed by atoms with Crippen LogP contribution < -0.4 is 10.1 Å². The number of likely N-dealkylation sites (tertiary alicyclic amines) is 1. The lowest BCUT2D eigenvalue weighted by molar-refractivity contribution is 0.0708. The van der Waals surface area contributed by atoms with E-state index < -0.39 is 0 Å². The van der Waals surface area contributed by atoms with Crippen LogP contribution in [0.5, 0.6) is 5.75 Å². The maximum absolute atomic E-state index is 13.0. The van der Waals surface area contributed by atoms with Crippen molar-refractivity contribution in [2.24, 2.45) is 0 Å². The highest BCUT2D eigenvalue weighted by Crippen LogP contribution is 2.37. The summed E-state index contributed by atoms with van der Waals surface area (Å²) in [7, 11) is 1.52. The standard InChI is InChI=1S/C25H28ClN3O4S2/c1-16-5-6-19(24(30)27-9-13-34-14-18-4-3-12-33-18)21(28-16)17-7-10-29(11-8-17)25(31)20-15-35-23(26)22(20)32-2/h3-6,12,15,17H,7-11,13-14H2,1-2H3,(H,27,30). The number of hydrogen-bond donors (Lipinski definition) is 1. The number of rotatable bonds is 9. The van der Waals surface area contributed by atoms with E-state index >= 15 is 0 Å². The molecule has 186 valence electrons. The van der Waals surface area contributed by atoms with Gasteiger partial charge in [-0.05, 0) is 44.0 Å². The lowest BCUT2D eigenvalue weighted by Crippen LogP contribution is -2.38. The second-order valence-corrected chi connectivity index (χ2v) is 10.9. The van der Waals surface area contributed by atoms with Crippen LogP contribution in [-0.2, 0) is 5.75 Å². The summed E-state index contributed by atoms with van der Waals surface area (Å²) in [5, 5.41) is 4.76. The number of thioether (sulfide) groups is 1. The zero-order chi connectivity index (χ0) is 24.8. The Morgan fingerprint density at radius 1 is 1.29 bits per heavy atom. The van der Waals surface area contributed by atoms with Crippen molar-refractivity contribution in [2.45, 2.75) is 31.4 Å². The molecule has 1 saturated heterocycles. The maximum Gasteiger partial charge on any atom is 0.258 e. The quantitative estimate of drug-likeness (QED) is 0.371. The van der Waals surface area contributed by atoms with Gasteiger partial charge in [-0.1, -0.05) is 11.6 Å². The van der Waals surface area contributed by atoms with Gasteiger partial charge in [0.15, 0.2) is 5.75 Å². The van der Waals surface area contributed by atoms with Gasteiger partial charge in [0.25, 0.3) is 11.8 Å². The minimum absolute atomic E-state index is 0.0781. The number of ether oxygens (including phenoxy) is 1. The molecule has 1 aliphatic rings. The predicted molar refractivity (Wildman–Crippen MR) is 140 cm³/mol. The number of carbonyl (C=O) groups excluding carboxylic acids is 2. The van der Waals surface area contributed by atoms with E-state index in [1.165, 1.54) is 18.4 Å². The van der Waals surface area contributed by atoms with Crippen molar-refractivity contribution in [3.63, 3.8) is 0 Å². The van der Waals surface area contributed by atoms with Crippen molar-refractivity contribution in [2.75, 3.05) is 32.5 Å². The van der Waals surface area contributed by atoms with Crippen LogP contribution in [0.2, 0.25) is 4.34 Å². The first-order valence-electron chi connectivity index (χ1n) is 11.4. The topological polar surface area (TPSA) is 84.7 Å². The van der Waals surface area contributed by atoms with Crippen molar-refractivity contribution in [1.29, 1.82) is 0 Å². The molecule has 4 heterocycles. The molecule has 0 spiro atoms. The van der Waals surface area contributed by atoms with Crippen LogP contribution in [0.25, 0.3) is 0 Å². The number of halogens is 1. The Hall–Kier alpha value is -2.49. The van der Waals surface area contributed by atoms with Crippen molar-refractivity contribution >= 4 is 46.5 Å². The van der Waals surface area contributed by atoms with Gasteiger partial charge in [-0.25, -0.2) is 0 Å². The van der Waals surface area contributed by atoms with Gasteiger partial charge in [0.1, 0.15) is 10.1 Å². The summed E-state index contributed by atoms with van der Waals surface area (Å²) in [5.74, 6) is 2.86. The fourth-order valence-electron chi connectivity index (χ4n) is 4.17. The average Bonchev–Trinajstić information content (AvgIpc) is 3.52. The molecule has 0 aliphatic carbocycles. The monoisotopic (exact) mass is 533 g/mol. The summed E-state index contributed by atoms with van der Waals surface area (Å²) in [5.41, 5.74) is 2.80. The van der Waals surface area contributed by atoms with Gasteiger partial charge in [0, 0.05) is 42.4 Å². The molecule has 3 aromatic heterocycles. The third-order valence-corrected chi connectivity index (χ3v) is 8.14. The van der Waals surface area contributed by atoms with Gasteiger partial charge in [-0.15, -0.1) is 11.3 Å². The molecule has 1 fully saturated rings. The summed E-state index contributed by atoms with van der Waals surface area (Å²) in [6.07, 6.45) is 3.14. The van der Waals surface area contributed by atoms with Crippen molar-refractivity contribution in [3.05, 3.63) is 68.5 Å². The second kappa shape index (κ2) is 12.0. The normalized spacial score (nSPS) is 14.2. The van der Waals surface area contributed by atoms with E-state index in [4.69, 9.17) is 25.7 Å². The van der Waals surface area contributed by atoms with E-state index in [0.29, 0.717) is 40.8 Å². The molecule has 0 atom stereocenters. The van der Waals surface area contributed by atoms with Crippen LogP contribution >= 0.6 is 34.7 Å². The number of pyridine rings is 1. The summed E-state index contributed by atoms with van der Waals surface area (Å²) in [6.45, 7) is 3.66. The van der Waals surface area contributed by atoms with E-state index in [0.717, 1.165) is 41.5 Å². The van der Waals surface area contributed by atoms with Crippen molar-refractivity contribution in [3.8, 4) is 5.75 Å².